The predicted molar refractivity (Wildman–Crippen MR) is 54.9 cm³/mol. The van der Waals surface area contributed by atoms with Crippen molar-refractivity contribution < 1.29 is 19.4 Å². The van der Waals surface area contributed by atoms with Gasteiger partial charge in [-0.05, 0) is 12.8 Å². The number of carboxylic acids is 1. The van der Waals surface area contributed by atoms with Crippen LogP contribution in [0, 0.1) is 0 Å². The van der Waals surface area contributed by atoms with Gasteiger partial charge < -0.3 is 14.6 Å². The molecular formula is C10H13N3O4. The average Bonchev–Trinajstić information content (AvgIpc) is 2.91. The summed E-state index contributed by atoms with van der Waals surface area (Å²) in [5.74, 6) is -0.358. The summed E-state index contributed by atoms with van der Waals surface area (Å²) in [4.78, 5) is 11.6. The Morgan fingerprint density at radius 3 is 2.76 bits per heavy atom. The van der Waals surface area contributed by atoms with Gasteiger partial charge in [-0.25, -0.2) is 0 Å². The maximum absolute atomic E-state index is 11.6. The van der Waals surface area contributed by atoms with Gasteiger partial charge in [-0.2, -0.15) is 0 Å². The third kappa shape index (κ3) is 1.42. The molecule has 3 rings (SSSR count). The molecule has 0 unspecified atom stereocenters. The molecule has 1 aromatic rings. The Balaban J connectivity index is 2.06. The molecule has 1 fully saturated rings. The van der Waals surface area contributed by atoms with Crippen molar-refractivity contribution in [3.05, 3.63) is 5.82 Å². The zero-order chi connectivity index (χ0) is 11.9. The summed E-state index contributed by atoms with van der Waals surface area (Å²) < 4.78 is 12.3. The summed E-state index contributed by atoms with van der Waals surface area (Å²) in [5.41, 5.74) is -0.975. The Labute approximate surface area is 97.3 Å². The maximum atomic E-state index is 11.6. The van der Waals surface area contributed by atoms with Gasteiger partial charge in [-0.3, -0.25) is 9.36 Å². The summed E-state index contributed by atoms with van der Waals surface area (Å²) in [6.07, 6.45) is 0.862. The smallest absolute Gasteiger partial charge is 0.317 e. The van der Waals surface area contributed by atoms with Gasteiger partial charge in [-0.15, -0.1) is 5.10 Å². The number of hydrogen-bond donors (Lipinski definition) is 1. The first-order valence-corrected chi connectivity index (χ1v) is 5.62. The second-order valence-electron chi connectivity index (χ2n) is 4.31. The predicted octanol–water partition coefficient (Wildman–Crippen LogP) is -0.197. The van der Waals surface area contributed by atoms with Crippen molar-refractivity contribution in [2.75, 3.05) is 19.8 Å². The number of rotatable bonds is 2. The molecule has 17 heavy (non-hydrogen) atoms. The highest BCUT2D eigenvalue weighted by atomic mass is 16.5. The highest BCUT2D eigenvalue weighted by Gasteiger charge is 2.47. The number of carboxylic acid groups (broad SMARTS) is 1. The van der Waals surface area contributed by atoms with Crippen LogP contribution in [0.4, 0.5) is 0 Å². The lowest BCUT2D eigenvalue weighted by atomic mass is 9.79. The number of fused-ring (bicyclic) bond motifs is 1. The molecule has 0 radical (unpaired) electrons. The molecule has 1 saturated heterocycles. The van der Waals surface area contributed by atoms with Crippen LogP contribution in [0.15, 0.2) is 0 Å². The first-order valence-electron chi connectivity index (χ1n) is 5.62. The van der Waals surface area contributed by atoms with Crippen molar-refractivity contribution in [1.29, 1.82) is 0 Å². The number of nitrogens with zero attached hydrogens (tertiary/aromatic N) is 3. The van der Waals surface area contributed by atoms with E-state index >= 15 is 0 Å². The average molecular weight is 239 g/mol. The molecule has 92 valence electrons. The molecule has 0 aliphatic carbocycles. The van der Waals surface area contributed by atoms with Crippen LogP contribution in [0.5, 0.6) is 6.01 Å². The minimum absolute atomic E-state index is 0.423. The zero-order valence-corrected chi connectivity index (χ0v) is 9.26. The molecule has 7 heteroatoms. The first-order chi connectivity index (χ1) is 8.24. The van der Waals surface area contributed by atoms with Gasteiger partial charge in [0.15, 0.2) is 5.82 Å². The third-order valence-electron chi connectivity index (χ3n) is 3.45. The van der Waals surface area contributed by atoms with E-state index in [1.54, 1.807) is 4.57 Å². The van der Waals surface area contributed by atoms with Crippen LogP contribution in [-0.4, -0.2) is 45.7 Å². The summed E-state index contributed by atoms with van der Waals surface area (Å²) in [6.45, 7) is 2.03. The Kier molecular flexibility index (Phi) is 2.29. The number of hydrogen-bond acceptors (Lipinski definition) is 5. The van der Waals surface area contributed by atoms with E-state index in [-0.39, 0.29) is 0 Å². The number of carbonyl (C=O) groups is 1. The second kappa shape index (κ2) is 3.69. The number of aliphatic carboxylic acids is 1. The molecule has 0 amide bonds. The molecule has 0 atom stereocenters. The Morgan fingerprint density at radius 2 is 2.06 bits per heavy atom. The fourth-order valence-corrected chi connectivity index (χ4v) is 2.43. The lowest BCUT2D eigenvalue weighted by Crippen LogP contribution is -2.43. The normalized spacial score (nSPS) is 21.9. The Bertz CT molecular complexity index is 450. The Morgan fingerprint density at radius 1 is 1.29 bits per heavy atom. The van der Waals surface area contributed by atoms with Crippen molar-refractivity contribution in [3.8, 4) is 6.01 Å². The molecule has 0 saturated carbocycles. The van der Waals surface area contributed by atoms with Crippen molar-refractivity contribution in [3.63, 3.8) is 0 Å². The summed E-state index contributed by atoms with van der Waals surface area (Å²) in [5, 5.41) is 17.4. The van der Waals surface area contributed by atoms with E-state index < -0.39 is 11.4 Å². The highest BCUT2D eigenvalue weighted by Crippen LogP contribution is 2.36. The van der Waals surface area contributed by atoms with Crippen LogP contribution in [-0.2, 0) is 21.5 Å². The maximum Gasteiger partial charge on any atom is 0.317 e. The van der Waals surface area contributed by atoms with Crippen LogP contribution in [0.3, 0.4) is 0 Å². The first kappa shape index (κ1) is 10.5. The molecule has 2 aliphatic rings. The molecule has 7 nitrogen and oxygen atoms in total. The number of ether oxygens (including phenoxy) is 2. The van der Waals surface area contributed by atoms with Crippen molar-refractivity contribution in [2.24, 2.45) is 0 Å². The quantitative estimate of drug-likeness (QED) is 0.769. The van der Waals surface area contributed by atoms with Gasteiger partial charge in [0.2, 0.25) is 0 Å². The molecule has 0 spiro atoms. The van der Waals surface area contributed by atoms with E-state index in [9.17, 15) is 9.90 Å². The molecule has 1 N–H and O–H groups in total. The lowest BCUT2D eigenvalue weighted by molar-refractivity contribution is -0.148. The van der Waals surface area contributed by atoms with Gasteiger partial charge in [-0.1, -0.05) is 5.10 Å². The molecule has 1 aromatic heterocycles. The van der Waals surface area contributed by atoms with E-state index in [4.69, 9.17) is 9.47 Å². The van der Waals surface area contributed by atoms with E-state index in [2.05, 4.69) is 10.2 Å². The second-order valence-corrected chi connectivity index (χ2v) is 4.31. The molecule has 0 aromatic carbocycles. The van der Waals surface area contributed by atoms with Crippen LogP contribution in [0.25, 0.3) is 0 Å². The lowest BCUT2D eigenvalue weighted by Gasteiger charge is -2.31. The summed E-state index contributed by atoms with van der Waals surface area (Å²) in [6, 6.07) is 0.423. The largest absolute Gasteiger partial charge is 0.480 e. The van der Waals surface area contributed by atoms with E-state index in [0.29, 0.717) is 51.0 Å². The van der Waals surface area contributed by atoms with Crippen LogP contribution in [0.1, 0.15) is 18.7 Å². The van der Waals surface area contributed by atoms with Crippen LogP contribution >= 0.6 is 0 Å². The summed E-state index contributed by atoms with van der Waals surface area (Å²) in [7, 11) is 0. The number of aromatic nitrogens is 3. The molecule has 3 heterocycles. The van der Waals surface area contributed by atoms with Gasteiger partial charge in [0, 0.05) is 13.2 Å². The van der Waals surface area contributed by atoms with E-state index in [0.717, 1.165) is 0 Å². The minimum Gasteiger partial charge on any atom is -0.480 e. The van der Waals surface area contributed by atoms with E-state index in [1.807, 2.05) is 0 Å². The standard InChI is InChI=1S/C10H13N3O4/c14-8(15)10(1-4-16-5-2-10)7-11-12-9-13(7)3-6-17-9/h1-6H2,(H,14,15). The molecule has 0 bridgehead atoms. The van der Waals surface area contributed by atoms with Crippen molar-refractivity contribution in [2.45, 2.75) is 24.8 Å². The third-order valence-corrected chi connectivity index (χ3v) is 3.45. The van der Waals surface area contributed by atoms with Gasteiger partial charge in [0.05, 0.1) is 6.54 Å². The SMILES string of the molecule is O=C(O)C1(c2nnc3n2CCO3)CCOCC1. The fraction of sp³-hybridized carbons (Fsp3) is 0.700. The zero-order valence-electron chi connectivity index (χ0n) is 9.26. The topological polar surface area (TPSA) is 86.5 Å². The minimum atomic E-state index is -0.975. The highest BCUT2D eigenvalue weighted by molar-refractivity contribution is 5.80. The van der Waals surface area contributed by atoms with Gasteiger partial charge in [0.25, 0.3) is 0 Å². The molecular weight excluding hydrogens is 226 g/mol. The Hall–Kier alpha value is -1.63. The van der Waals surface area contributed by atoms with Gasteiger partial charge >= 0.3 is 12.0 Å². The van der Waals surface area contributed by atoms with Crippen molar-refractivity contribution >= 4 is 5.97 Å². The van der Waals surface area contributed by atoms with E-state index in [1.165, 1.54) is 0 Å². The van der Waals surface area contributed by atoms with Crippen LogP contribution < -0.4 is 4.74 Å². The van der Waals surface area contributed by atoms with Crippen molar-refractivity contribution in [1.82, 2.24) is 14.8 Å². The van der Waals surface area contributed by atoms with Crippen LogP contribution in [0.2, 0.25) is 0 Å². The van der Waals surface area contributed by atoms with Gasteiger partial charge in [0.1, 0.15) is 12.0 Å². The monoisotopic (exact) mass is 239 g/mol. The molecule has 2 aliphatic heterocycles. The fourth-order valence-electron chi connectivity index (χ4n) is 2.43. The summed E-state index contributed by atoms with van der Waals surface area (Å²) >= 11 is 0.